The van der Waals surface area contributed by atoms with Crippen molar-refractivity contribution in [2.45, 2.75) is 11.5 Å². The van der Waals surface area contributed by atoms with Crippen LogP contribution in [0.1, 0.15) is 39.6 Å². The lowest BCUT2D eigenvalue weighted by molar-refractivity contribution is -0.598. The van der Waals surface area contributed by atoms with Gasteiger partial charge in [-0.1, -0.05) is 270 Å². The Balaban J connectivity index is 0.561. The smallest absolute Gasteiger partial charge is 0.454 e. The van der Waals surface area contributed by atoms with E-state index in [-0.39, 0.29) is 22.5 Å². The highest BCUT2D eigenvalue weighted by Gasteiger charge is 2.48. The van der Waals surface area contributed by atoms with Crippen LogP contribution in [0.2, 0.25) is 0 Å². The number of hydrogen-bond donors (Lipinski definition) is 0. The van der Waals surface area contributed by atoms with Crippen LogP contribution in [-0.4, -0.2) is 42.6 Å². The Labute approximate surface area is 645 Å². The van der Waals surface area contributed by atoms with Crippen molar-refractivity contribution in [3.63, 3.8) is 0 Å². The molecule has 0 saturated heterocycles. The zero-order chi connectivity index (χ0) is 75.3. The van der Waals surface area contributed by atoms with E-state index in [0.29, 0.717) is 62.1 Å². The van der Waals surface area contributed by atoms with Gasteiger partial charge in [-0.3, -0.25) is 0 Å². The van der Waals surface area contributed by atoms with Crippen molar-refractivity contribution in [1.82, 2.24) is 42.6 Å². The van der Waals surface area contributed by atoms with E-state index in [2.05, 4.69) is 136 Å². The summed E-state index contributed by atoms with van der Waals surface area (Å²) in [5, 5.41) is 2.77. The molecule has 7 heterocycles. The molecule has 113 heavy (non-hydrogen) atoms. The maximum atomic E-state index is 15.4. The minimum absolute atomic E-state index is 0.191. The average Bonchev–Trinajstić information content (AvgIpc) is 1.56. The molecule has 17 aromatic rings. The summed E-state index contributed by atoms with van der Waals surface area (Å²) in [5.74, 6) is 1.01. The maximum absolute atomic E-state index is 15.4. The van der Waals surface area contributed by atoms with Gasteiger partial charge in [-0.25, -0.2) is 46.6 Å². The number of allylic oxidation sites excluding steroid dienone is 5. The molecule has 4 aromatic heterocycles. The van der Waals surface area contributed by atoms with E-state index in [4.69, 9.17) is 14.4 Å². The Morgan fingerprint density at radius 1 is 0.425 bits per heavy atom. The van der Waals surface area contributed by atoms with E-state index < -0.39 is 33.9 Å². The van der Waals surface area contributed by atoms with Gasteiger partial charge >= 0.3 is 34.4 Å². The summed E-state index contributed by atoms with van der Waals surface area (Å²) in [5.41, 5.74) is 16.6. The minimum atomic E-state index is -0.758. The summed E-state index contributed by atoms with van der Waals surface area (Å²) in [6, 6.07) is 103. The number of hydrogen-bond acceptors (Lipinski definition) is 11. The monoisotopic (exact) mass is 1480 g/mol. The first-order chi connectivity index (χ1) is 55.6. The second-order valence-corrected chi connectivity index (χ2v) is 29.4. The number of rotatable bonds is 11. The molecule has 17 heteroatoms. The normalized spacial score (nSPS) is 13.9. The van der Waals surface area contributed by atoms with Crippen LogP contribution in [0.5, 0.6) is 0 Å². The Hall–Kier alpha value is -15.2. The summed E-state index contributed by atoms with van der Waals surface area (Å²) >= 11 is 1.26. The van der Waals surface area contributed by atoms with Gasteiger partial charge in [-0.05, 0) is 158 Å². The molecule has 0 saturated carbocycles. The van der Waals surface area contributed by atoms with Crippen molar-refractivity contribution in [2.24, 2.45) is 0 Å². The third-order valence-electron chi connectivity index (χ3n) is 22.5. The van der Waals surface area contributed by atoms with Crippen LogP contribution in [-0.2, 0) is 5.41 Å². The van der Waals surface area contributed by atoms with Gasteiger partial charge in [0.15, 0.2) is 5.82 Å². The van der Waals surface area contributed by atoms with Crippen LogP contribution in [0.3, 0.4) is 0 Å². The van der Waals surface area contributed by atoms with Crippen LogP contribution < -0.4 is 33.0 Å². The number of fused-ring (bicyclic) bond motifs is 17. The van der Waals surface area contributed by atoms with E-state index in [1.807, 2.05) is 176 Å². The van der Waals surface area contributed by atoms with Gasteiger partial charge in [0.1, 0.15) is 28.4 Å². The molecule has 0 amide bonds. The first-order valence-corrected chi connectivity index (χ1v) is 37.9. The van der Waals surface area contributed by atoms with Gasteiger partial charge in [-0.15, -0.1) is 0 Å². The highest BCUT2D eigenvalue weighted by atomic mass is 32.1. The molecule has 3 aliphatic heterocycles. The summed E-state index contributed by atoms with van der Waals surface area (Å²) in [7, 11) is 0. The zero-order valence-electron chi connectivity index (χ0n) is 59.7. The molecule has 0 bridgehead atoms. The molecule has 532 valence electrons. The van der Waals surface area contributed by atoms with E-state index in [9.17, 15) is 19.2 Å². The maximum Gasteiger partial charge on any atom is 0.454 e. The second kappa shape index (κ2) is 25.2. The molecule has 2 aliphatic carbocycles. The predicted molar refractivity (Wildman–Crippen MR) is 443 cm³/mol. The lowest BCUT2D eigenvalue weighted by Gasteiger charge is -2.34. The molecule has 0 radical (unpaired) electrons. The molecule has 1 atom stereocenters. The van der Waals surface area contributed by atoms with Crippen LogP contribution in [0.25, 0.3) is 144 Å². The molecule has 13 aromatic carbocycles. The number of para-hydroxylation sites is 3. The largest absolute Gasteiger partial charge is 0.455 e. The average molecular weight is 1480 g/mol. The third-order valence-corrected chi connectivity index (χ3v) is 23.5. The van der Waals surface area contributed by atoms with Crippen LogP contribution in [0.4, 0.5) is 0 Å². The molecule has 0 spiro atoms. The van der Waals surface area contributed by atoms with Crippen molar-refractivity contribution in [1.29, 1.82) is 0 Å². The van der Waals surface area contributed by atoms with Gasteiger partial charge in [0.2, 0.25) is 4.96 Å². The van der Waals surface area contributed by atoms with E-state index >= 15 is 4.79 Å². The van der Waals surface area contributed by atoms with Crippen molar-refractivity contribution < 1.29 is 8.98 Å². The fourth-order valence-corrected chi connectivity index (χ4v) is 18.6. The van der Waals surface area contributed by atoms with E-state index in [1.165, 1.54) is 20.3 Å². The molecular weight excluding hydrogens is 1420 g/mol. The summed E-state index contributed by atoms with van der Waals surface area (Å²) in [6.07, 6.45) is 8.41. The quantitative estimate of drug-likeness (QED) is 0.0894. The summed E-state index contributed by atoms with van der Waals surface area (Å²) < 4.78 is 16.4. The Morgan fingerprint density at radius 3 is 1.81 bits per heavy atom. The number of benzene rings is 13. The Morgan fingerprint density at radius 2 is 1.02 bits per heavy atom. The summed E-state index contributed by atoms with van der Waals surface area (Å²) in [6.45, 7) is 0. The first-order valence-electron chi connectivity index (χ1n) is 37.1. The topological polar surface area (TPSA) is 178 Å². The van der Waals surface area contributed by atoms with E-state index in [1.54, 1.807) is 47.0 Å². The third kappa shape index (κ3) is 9.81. The number of thiazole rings is 1. The highest BCUT2D eigenvalue weighted by molar-refractivity contribution is 7.23. The number of furan rings is 1. The Kier molecular flexibility index (Phi) is 14.5. The lowest BCUT2D eigenvalue weighted by Crippen LogP contribution is -2.54. The van der Waals surface area contributed by atoms with Crippen molar-refractivity contribution in [3.8, 4) is 90.3 Å². The first kappa shape index (κ1) is 64.9. The van der Waals surface area contributed by atoms with Crippen molar-refractivity contribution >= 4 is 64.9 Å². The second-order valence-electron chi connectivity index (χ2n) is 28.4. The zero-order valence-corrected chi connectivity index (χ0v) is 60.6. The molecule has 16 nitrogen and oxygen atoms in total. The molecule has 22 rings (SSSR count). The number of aromatic nitrogens is 10. The standard InChI is InChI=1S/C96H57N10O6S/c107-90-98-87(97-89-104-78-40-17-14-33-72(78)83(59-22-5-1-6-23-59)85(104)73-34-15-18-41-79(73)105(89)90)60-44-42-58(43-45-60)69-35-20-36-70-75-55-62(49-53-81(75)112-86(69)70)63-48-52-80-82(56-63)113-93-100-92(109)103(95(111)106(80)93)68-31-19-24-61(54-68)57-46-50-67(51-47-57)102-91(108)99-88(101(94(102)110)66-29-11-4-12-30-66)74-37-21-39-77-84(74)71-32-13-16-38-76(71)96(77,64-25-7-2-8-26-64)65-27-9-3-10-28-65/h1-56,78H/q+1. The minimum Gasteiger partial charge on any atom is -0.455 e. The van der Waals surface area contributed by atoms with Gasteiger partial charge in [-0.2, -0.15) is 14.5 Å². The fraction of sp³-hybridized carbons (Fsp3) is 0.0208. The fourth-order valence-electron chi connectivity index (χ4n) is 17.5. The Bertz CT molecular complexity index is 7630. The molecule has 0 fully saturated rings. The highest BCUT2D eigenvalue weighted by Crippen LogP contribution is 2.58. The van der Waals surface area contributed by atoms with Gasteiger partial charge in [0.25, 0.3) is 5.82 Å². The van der Waals surface area contributed by atoms with Crippen molar-refractivity contribution in [2.75, 3.05) is 0 Å². The predicted octanol–water partition coefficient (Wildman–Crippen LogP) is 17.7. The van der Waals surface area contributed by atoms with E-state index in [0.717, 1.165) is 114 Å². The van der Waals surface area contributed by atoms with Crippen LogP contribution in [0, 0.1) is 0 Å². The van der Waals surface area contributed by atoms with Crippen LogP contribution in [0.15, 0.2) is 374 Å². The molecule has 0 N–H and O–H groups in total. The van der Waals surface area contributed by atoms with Gasteiger partial charge in [0, 0.05) is 44.0 Å². The molecule has 5 aliphatic rings. The number of nitrogens with zero attached hydrogens (tertiary/aromatic N) is 10. The SMILES string of the molecule is O=c1nc(-c2cccc3c2-c2ccccc2C3(c2ccccc2)c2ccccc2)n(-c2ccccc2)c(=O)n1-c1ccc(-c2cccc(-n3c(=O)nc4sc5cc(-c6ccc7oc8c(-c9ccc(-c%10nc%11n%12c(c%13ccccc%13[n+]-%11c(=O)n%10)C(c%10ccccc%10)=C%10C=CC=CC%10%12)cc9)cccc8c7c6)ccc5n4c3=O)c2)cc1. The van der Waals surface area contributed by atoms with Crippen molar-refractivity contribution in [3.05, 3.63) is 431 Å². The lowest BCUT2D eigenvalue weighted by atomic mass is 9.67. The van der Waals surface area contributed by atoms with Gasteiger partial charge < -0.3 is 4.42 Å². The summed E-state index contributed by atoms with van der Waals surface area (Å²) in [4.78, 5) is 93.1. The molecule has 1 unspecified atom stereocenters. The molecular formula is C96H57N10O6S+. The van der Waals surface area contributed by atoms with Gasteiger partial charge in [0.05, 0.1) is 32.7 Å². The van der Waals surface area contributed by atoms with Crippen LogP contribution >= 0.6 is 11.3 Å².